The molecule has 1 unspecified atom stereocenters. The van der Waals surface area contributed by atoms with Crippen molar-refractivity contribution in [2.24, 2.45) is 5.73 Å². The maximum absolute atomic E-state index is 13.0. The molecule has 0 fully saturated rings. The number of nitrogens with two attached hydrogens (primary N) is 1. The van der Waals surface area contributed by atoms with Crippen molar-refractivity contribution in [1.82, 2.24) is 0 Å². The number of hydrogen-bond acceptors (Lipinski definition) is 7. The van der Waals surface area contributed by atoms with Crippen LogP contribution in [0.25, 0.3) is 5.76 Å². The minimum absolute atomic E-state index is 0.0318. The number of halogens is 2. The summed E-state index contributed by atoms with van der Waals surface area (Å²) in [6.45, 7) is 1.68. The van der Waals surface area contributed by atoms with Crippen LogP contribution in [-0.4, -0.2) is 17.5 Å². The quantitative estimate of drug-likeness (QED) is 0.390. The van der Waals surface area contributed by atoms with Gasteiger partial charge < -0.3 is 15.2 Å². The number of nitrogens with zero attached hydrogens (tertiary/aromatic N) is 2. The van der Waals surface area contributed by atoms with Crippen molar-refractivity contribution >= 4 is 40.6 Å². The van der Waals surface area contributed by atoms with E-state index in [9.17, 15) is 20.2 Å². The molecule has 1 aliphatic rings. The van der Waals surface area contributed by atoms with Crippen LogP contribution >= 0.6 is 23.2 Å². The molecule has 0 saturated heterocycles. The van der Waals surface area contributed by atoms with E-state index in [-0.39, 0.29) is 50.7 Å². The lowest BCUT2D eigenvalue weighted by Crippen LogP contribution is -2.26. The molecule has 1 atom stereocenters. The number of ether oxygens (including phenoxy) is 2. The molecule has 2 aromatic carbocycles. The van der Waals surface area contributed by atoms with Gasteiger partial charge in [-0.3, -0.25) is 10.1 Å². The Balaban J connectivity index is 2.32. The number of allylic oxidation sites excluding steroid dienone is 1. The number of rotatable bonds is 5. The smallest absolute Gasteiger partial charge is 0.338 e. The van der Waals surface area contributed by atoms with E-state index in [0.717, 1.165) is 0 Å². The van der Waals surface area contributed by atoms with Crippen molar-refractivity contribution in [2.75, 3.05) is 6.61 Å². The van der Waals surface area contributed by atoms with Crippen molar-refractivity contribution in [1.29, 1.82) is 5.26 Å². The summed E-state index contributed by atoms with van der Waals surface area (Å²) >= 11 is 12.2. The van der Waals surface area contributed by atoms with E-state index >= 15 is 0 Å². The molecule has 0 amide bonds. The summed E-state index contributed by atoms with van der Waals surface area (Å²) in [5.41, 5.74) is 6.40. The standard InChI is InChI=1S/C21H15Cl2N3O5/c1-2-30-21(27)18-17(11-6-7-15(22)16(23)9-11)14(10-24)20(25)31-19(18)12-4-3-5-13(8-12)26(28)29/h3-9,17H,2,25H2,1H3. The zero-order chi connectivity index (χ0) is 22.7. The van der Waals surface area contributed by atoms with Gasteiger partial charge in [-0.2, -0.15) is 5.26 Å². The van der Waals surface area contributed by atoms with Crippen LogP contribution < -0.4 is 5.73 Å². The van der Waals surface area contributed by atoms with E-state index in [2.05, 4.69) is 0 Å². The molecular weight excluding hydrogens is 445 g/mol. The first-order valence-electron chi connectivity index (χ1n) is 8.97. The molecule has 31 heavy (non-hydrogen) atoms. The van der Waals surface area contributed by atoms with Gasteiger partial charge in [-0.25, -0.2) is 4.79 Å². The van der Waals surface area contributed by atoms with Crippen LogP contribution in [0.15, 0.2) is 59.5 Å². The van der Waals surface area contributed by atoms with Gasteiger partial charge in [0.05, 0.1) is 33.1 Å². The minimum atomic E-state index is -0.984. The predicted molar refractivity (Wildman–Crippen MR) is 114 cm³/mol. The fraction of sp³-hybridized carbons (Fsp3) is 0.143. The SMILES string of the molecule is CCOC(=O)C1=C(c2cccc([N+](=O)[O-])c2)OC(N)=C(C#N)C1c1ccc(Cl)c(Cl)c1. The monoisotopic (exact) mass is 459 g/mol. The van der Waals surface area contributed by atoms with Gasteiger partial charge in [0.2, 0.25) is 5.88 Å². The summed E-state index contributed by atoms with van der Waals surface area (Å²) < 4.78 is 10.8. The highest BCUT2D eigenvalue weighted by Crippen LogP contribution is 2.44. The Kier molecular flexibility index (Phi) is 6.49. The average Bonchev–Trinajstić information content (AvgIpc) is 2.75. The van der Waals surface area contributed by atoms with Crippen molar-refractivity contribution in [3.63, 3.8) is 0 Å². The van der Waals surface area contributed by atoms with Crippen molar-refractivity contribution in [3.05, 3.63) is 90.8 Å². The van der Waals surface area contributed by atoms with Gasteiger partial charge in [0.1, 0.15) is 17.4 Å². The molecule has 0 radical (unpaired) electrons. The van der Waals surface area contributed by atoms with Gasteiger partial charge in [-0.05, 0) is 24.6 Å². The fourth-order valence-electron chi connectivity index (χ4n) is 3.18. The summed E-state index contributed by atoms with van der Waals surface area (Å²) in [7, 11) is 0. The van der Waals surface area contributed by atoms with E-state index < -0.39 is 16.8 Å². The van der Waals surface area contributed by atoms with Gasteiger partial charge in [-0.1, -0.05) is 41.4 Å². The second-order valence-corrected chi connectivity index (χ2v) is 7.18. The van der Waals surface area contributed by atoms with Crippen molar-refractivity contribution in [3.8, 4) is 6.07 Å². The summed E-state index contributed by atoms with van der Waals surface area (Å²) in [5, 5.41) is 21.4. The van der Waals surface area contributed by atoms with Gasteiger partial charge in [0.25, 0.3) is 5.69 Å². The third kappa shape index (κ3) is 4.33. The number of carbonyl (C=O) groups is 1. The highest BCUT2D eigenvalue weighted by atomic mass is 35.5. The lowest BCUT2D eigenvalue weighted by atomic mass is 9.82. The summed E-state index contributed by atoms with van der Waals surface area (Å²) in [4.78, 5) is 23.6. The first-order chi connectivity index (χ1) is 14.8. The molecular formula is C21H15Cl2N3O5. The maximum atomic E-state index is 13.0. The minimum Gasteiger partial charge on any atom is -0.463 e. The number of carbonyl (C=O) groups excluding carboxylic acids is 1. The van der Waals surface area contributed by atoms with Gasteiger partial charge in [0.15, 0.2) is 0 Å². The van der Waals surface area contributed by atoms with Crippen LogP contribution in [0.4, 0.5) is 5.69 Å². The molecule has 0 saturated carbocycles. The molecule has 10 heteroatoms. The molecule has 0 spiro atoms. The van der Waals surface area contributed by atoms with Crippen LogP contribution in [0.1, 0.15) is 24.0 Å². The lowest BCUT2D eigenvalue weighted by molar-refractivity contribution is -0.384. The van der Waals surface area contributed by atoms with Gasteiger partial charge in [0, 0.05) is 17.7 Å². The predicted octanol–water partition coefficient (Wildman–Crippen LogP) is 4.68. The van der Waals surface area contributed by atoms with E-state index in [1.54, 1.807) is 13.0 Å². The largest absolute Gasteiger partial charge is 0.463 e. The first kappa shape index (κ1) is 22.2. The topological polar surface area (TPSA) is 128 Å². The Hall–Kier alpha value is -3.54. The van der Waals surface area contributed by atoms with E-state index in [0.29, 0.717) is 5.56 Å². The molecule has 8 nitrogen and oxygen atoms in total. The molecule has 2 aromatic rings. The van der Waals surface area contributed by atoms with Gasteiger partial charge >= 0.3 is 5.97 Å². The summed E-state index contributed by atoms with van der Waals surface area (Å²) in [6, 6.07) is 12.1. The van der Waals surface area contributed by atoms with Gasteiger partial charge in [-0.15, -0.1) is 0 Å². The Morgan fingerprint density at radius 1 is 1.29 bits per heavy atom. The zero-order valence-corrected chi connectivity index (χ0v) is 17.6. The Morgan fingerprint density at radius 3 is 2.65 bits per heavy atom. The van der Waals surface area contributed by atoms with Crippen molar-refractivity contribution in [2.45, 2.75) is 12.8 Å². The number of nitro benzene ring substituents is 1. The van der Waals surface area contributed by atoms with Crippen LogP contribution in [0.5, 0.6) is 0 Å². The Labute approximate surface area is 187 Å². The number of esters is 1. The zero-order valence-electron chi connectivity index (χ0n) is 16.1. The van der Waals surface area contributed by atoms with Crippen LogP contribution in [0, 0.1) is 21.4 Å². The molecule has 3 rings (SSSR count). The molecule has 2 N–H and O–H groups in total. The van der Waals surface area contributed by atoms with E-state index in [1.807, 2.05) is 6.07 Å². The van der Waals surface area contributed by atoms with Crippen LogP contribution in [0.2, 0.25) is 10.0 Å². The molecule has 0 aliphatic carbocycles. The summed E-state index contributed by atoms with van der Waals surface area (Å²) in [6.07, 6.45) is 0. The molecule has 1 heterocycles. The molecule has 158 valence electrons. The van der Waals surface area contributed by atoms with Crippen molar-refractivity contribution < 1.29 is 19.2 Å². The number of nitro groups is 1. The number of benzene rings is 2. The number of non-ortho nitro benzene ring substituents is 1. The number of nitriles is 1. The summed E-state index contributed by atoms with van der Waals surface area (Å²) in [5.74, 6) is -2.04. The average molecular weight is 460 g/mol. The Bertz CT molecular complexity index is 1180. The second-order valence-electron chi connectivity index (χ2n) is 6.37. The highest BCUT2D eigenvalue weighted by molar-refractivity contribution is 6.42. The molecule has 0 aromatic heterocycles. The third-order valence-corrected chi connectivity index (χ3v) is 5.25. The molecule has 1 aliphatic heterocycles. The molecule has 0 bridgehead atoms. The van der Waals surface area contributed by atoms with Crippen LogP contribution in [-0.2, 0) is 14.3 Å². The number of hydrogen-bond donors (Lipinski definition) is 1. The van der Waals surface area contributed by atoms with Crippen LogP contribution in [0.3, 0.4) is 0 Å². The lowest BCUT2D eigenvalue weighted by Gasteiger charge is -2.28. The third-order valence-electron chi connectivity index (χ3n) is 4.51. The normalized spacial score (nSPS) is 15.9. The highest BCUT2D eigenvalue weighted by Gasteiger charge is 2.38. The maximum Gasteiger partial charge on any atom is 0.338 e. The van der Waals surface area contributed by atoms with E-state index in [4.69, 9.17) is 38.4 Å². The Morgan fingerprint density at radius 2 is 2.03 bits per heavy atom. The second kappa shape index (κ2) is 9.08. The van der Waals surface area contributed by atoms with E-state index in [1.165, 1.54) is 36.4 Å². The first-order valence-corrected chi connectivity index (χ1v) is 9.72. The fourth-order valence-corrected chi connectivity index (χ4v) is 3.48.